The molecule has 0 saturated carbocycles. The first kappa shape index (κ1) is 16.6. The number of H-pyrrole nitrogens is 2. The molecule has 0 bridgehead atoms. The van der Waals surface area contributed by atoms with Gasteiger partial charge >= 0.3 is 0 Å². The van der Waals surface area contributed by atoms with Crippen molar-refractivity contribution >= 4 is 44.8 Å². The average Bonchev–Trinajstić information content (AvgIpc) is 3.32. The number of carbonyl (C=O) groups is 2. The fraction of sp³-hybridized carbons (Fsp3) is 0.130. The largest absolute Gasteiger partial charge is 0.361 e. The van der Waals surface area contributed by atoms with E-state index in [1.807, 2.05) is 62.6 Å². The predicted molar refractivity (Wildman–Crippen MR) is 111 cm³/mol. The number of nitrogens with one attached hydrogen (secondary N) is 2. The second-order valence-corrected chi connectivity index (χ2v) is 7.42. The summed E-state index contributed by atoms with van der Waals surface area (Å²) < 4.78 is 0. The summed E-state index contributed by atoms with van der Waals surface area (Å²) >= 11 is 0. The Morgan fingerprint density at radius 3 is 1.57 bits per heavy atom. The van der Waals surface area contributed by atoms with Gasteiger partial charge in [-0.05, 0) is 37.1 Å². The van der Waals surface area contributed by atoms with Crippen molar-refractivity contribution in [2.75, 3.05) is 7.05 Å². The molecule has 2 N–H and O–H groups in total. The summed E-state index contributed by atoms with van der Waals surface area (Å²) in [7, 11) is 1.54. The Morgan fingerprint density at radius 1 is 0.714 bits per heavy atom. The molecule has 4 aromatic rings. The number of imide groups is 1. The minimum atomic E-state index is -0.275. The molecule has 5 nitrogen and oxygen atoms in total. The second-order valence-electron chi connectivity index (χ2n) is 7.42. The van der Waals surface area contributed by atoms with Crippen molar-refractivity contribution in [3.63, 3.8) is 0 Å². The van der Waals surface area contributed by atoms with Crippen LogP contribution in [0.4, 0.5) is 0 Å². The van der Waals surface area contributed by atoms with Crippen LogP contribution in [-0.2, 0) is 9.59 Å². The van der Waals surface area contributed by atoms with Crippen molar-refractivity contribution in [1.82, 2.24) is 14.9 Å². The number of aromatic amines is 2. The summed E-state index contributed by atoms with van der Waals surface area (Å²) in [5.74, 6) is -0.550. The number of aryl methyl sites for hydroxylation is 2. The Balaban J connectivity index is 1.83. The van der Waals surface area contributed by atoms with Crippen LogP contribution in [0.25, 0.3) is 33.0 Å². The summed E-state index contributed by atoms with van der Waals surface area (Å²) in [5, 5.41) is 1.87. The Bertz CT molecular complexity index is 1230. The zero-order valence-electron chi connectivity index (χ0n) is 15.9. The molecule has 0 aliphatic carbocycles. The lowest BCUT2D eigenvalue weighted by Gasteiger charge is -2.06. The summed E-state index contributed by atoms with van der Waals surface area (Å²) in [6.45, 7) is 4.05. The highest BCUT2D eigenvalue weighted by Gasteiger charge is 2.39. The maximum atomic E-state index is 13.0. The van der Waals surface area contributed by atoms with E-state index < -0.39 is 0 Å². The number of hydrogen-bond donors (Lipinski definition) is 2. The van der Waals surface area contributed by atoms with Crippen molar-refractivity contribution in [2.45, 2.75) is 13.8 Å². The molecule has 2 amide bonds. The first-order valence-electron chi connectivity index (χ1n) is 9.18. The number of nitrogens with zero attached hydrogens (tertiary/aromatic N) is 1. The van der Waals surface area contributed by atoms with E-state index in [2.05, 4.69) is 9.97 Å². The van der Waals surface area contributed by atoms with Crippen molar-refractivity contribution in [3.05, 3.63) is 71.0 Å². The van der Waals surface area contributed by atoms with Crippen LogP contribution in [0.1, 0.15) is 22.3 Å². The molecule has 0 atom stereocenters. The average molecular weight is 369 g/mol. The van der Waals surface area contributed by atoms with Crippen LogP contribution in [0.2, 0.25) is 0 Å². The quantitative estimate of drug-likeness (QED) is 0.521. The number of amides is 2. The van der Waals surface area contributed by atoms with E-state index in [1.54, 1.807) is 0 Å². The van der Waals surface area contributed by atoms with E-state index in [-0.39, 0.29) is 11.8 Å². The number of benzene rings is 2. The van der Waals surface area contributed by atoms with Gasteiger partial charge in [0.2, 0.25) is 0 Å². The first-order chi connectivity index (χ1) is 13.5. The maximum Gasteiger partial charge on any atom is 0.261 e. The molecular formula is C23H19N3O2. The van der Waals surface area contributed by atoms with Crippen molar-refractivity contribution in [1.29, 1.82) is 0 Å². The number of likely N-dealkylation sites (N-methyl/N-ethyl adjacent to an activating group) is 1. The third kappa shape index (κ3) is 2.19. The first-order valence-corrected chi connectivity index (χ1v) is 9.18. The van der Waals surface area contributed by atoms with Crippen LogP contribution in [0.3, 0.4) is 0 Å². The summed E-state index contributed by atoms with van der Waals surface area (Å²) in [4.78, 5) is 33.8. The fourth-order valence-corrected chi connectivity index (χ4v) is 4.04. The van der Waals surface area contributed by atoms with E-state index in [0.29, 0.717) is 11.1 Å². The Kier molecular flexibility index (Phi) is 3.37. The molecule has 28 heavy (non-hydrogen) atoms. The van der Waals surface area contributed by atoms with Gasteiger partial charge in [-0.25, -0.2) is 0 Å². The Morgan fingerprint density at radius 2 is 1.14 bits per heavy atom. The molecule has 0 fully saturated rings. The van der Waals surface area contributed by atoms with E-state index in [1.165, 1.54) is 11.9 Å². The smallest absolute Gasteiger partial charge is 0.261 e. The SMILES string of the molecule is Cc1ccc2c(C3=C(c4c[nH]c5cc(C)ccc45)C(=O)N(C)C3=O)c[nH]c2c1. The summed E-state index contributed by atoms with van der Waals surface area (Å²) in [5.41, 5.74) is 6.58. The van der Waals surface area contributed by atoms with Gasteiger partial charge < -0.3 is 9.97 Å². The predicted octanol–water partition coefficient (Wildman–Crippen LogP) is 4.18. The van der Waals surface area contributed by atoms with Crippen LogP contribution in [0.15, 0.2) is 48.8 Å². The highest BCUT2D eigenvalue weighted by molar-refractivity contribution is 6.50. The molecule has 138 valence electrons. The summed E-state index contributed by atoms with van der Waals surface area (Å²) in [6.07, 6.45) is 3.64. The lowest BCUT2D eigenvalue weighted by atomic mass is 9.95. The highest BCUT2D eigenvalue weighted by atomic mass is 16.2. The normalized spacial score (nSPS) is 14.9. The number of rotatable bonds is 2. The zero-order chi connectivity index (χ0) is 19.6. The van der Waals surface area contributed by atoms with Gasteiger partial charge in [-0.2, -0.15) is 0 Å². The molecule has 3 heterocycles. The molecule has 2 aromatic carbocycles. The van der Waals surface area contributed by atoms with E-state index in [0.717, 1.165) is 44.1 Å². The van der Waals surface area contributed by atoms with Crippen LogP contribution in [-0.4, -0.2) is 33.7 Å². The number of aromatic nitrogens is 2. The van der Waals surface area contributed by atoms with Gasteiger partial charge in [0, 0.05) is 52.4 Å². The third-order valence-corrected chi connectivity index (χ3v) is 5.50. The molecule has 0 spiro atoms. The Hall–Kier alpha value is -3.60. The van der Waals surface area contributed by atoms with Crippen molar-refractivity contribution in [2.24, 2.45) is 0 Å². The van der Waals surface area contributed by atoms with Gasteiger partial charge in [-0.1, -0.05) is 24.3 Å². The van der Waals surface area contributed by atoms with Crippen LogP contribution in [0, 0.1) is 13.8 Å². The van der Waals surface area contributed by atoms with Gasteiger partial charge in [-0.15, -0.1) is 0 Å². The summed E-state index contributed by atoms with van der Waals surface area (Å²) in [6, 6.07) is 12.1. The second kappa shape index (κ2) is 5.70. The number of fused-ring (bicyclic) bond motifs is 2. The lowest BCUT2D eigenvalue weighted by Crippen LogP contribution is -2.26. The van der Waals surface area contributed by atoms with Gasteiger partial charge in [0.15, 0.2) is 0 Å². The third-order valence-electron chi connectivity index (χ3n) is 5.50. The van der Waals surface area contributed by atoms with Crippen LogP contribution < -0.4 is 0 Å². The molecule has 0 radical (unpaired) electrons. The molecule has 2 aromatic heterocycles. The zero-order valence-corrected chi connectivity index (χ0v) is 15.9. The minimum absolute atomic E-state index is 0.275. The van der Waals surface area contributed by atoms with E-state index in [9.17, 15) is 9.59 Å². The van der Waals surface area contributed by atoms with Gasteiger partial charge in [-0.3, -0.25) is 14.5 Å². The van der Waals surface area contributed by atoms with E-state index >= 15 is 0 Å². The van der Waals surface area contributed by atoms with Crippen LogP contribution >= 0.6 is 0 Å². The molecule has 1 aliphatic rings. The van der Waals surface area contributed by atoms with Crippen molar-refractivity contribution < 1.29 is 9.59 Å². The Labute approximate surface area is 161 Å². The topological polar surface area (TPSA) is 69.0 Å². The molecule has 1 aliphatic heterocycles. The fourth-order valence-electron chi connectivity index (χ4n) is 4.04. The number of hydrogen-bond acceptors (Lipinski definition) is 2. The monoisotopic (exact) mass is 369 g/mol. The maximum absolute atomic E-state index is 13.0. The minimum Gasteiger partial charge on any atom is -0.361 e. The van der Waals surface area contributed by atoms with Gasteiger partial charge in [0.05, 0.1) is 11.1 Å². The lowest BCUT2D eigenvalue weighted by molar-refractivity contribution is -0.134. The molecule has 5 heteroatoms. The highest BCUT2D eigenvalue weighted by Crippen LogP contribution is 2.40. The molecule has 0 unspecified atom stereocenters. The van der Waals surface area contributed by atoms with Gasteiger partial charge in [0.25, 0.3) is 11.8 Å². The van der Waals surface area contributed by atoms with Crippen LogP contribution in [0.5, 0.6) is 0 Å². The number of carbonyl (C=O) groups excluding carboxylic acids is 2. The van der Waals surface area contributed by atoms with E-state index in [4.69, 9.17) is 0 Å². The molecule has 0 saturated heterocycles. The molecular weight excluding hydrogens is 350 g/mol. The molecule has 5 rings (SSSR count). The van der Waals surface area contributed by atoms with Crippen molar-refractivity contribution in [3.8, 4) is 0 Å². The van der Waals surface area contributed by atoms with Gasteiger partial charge in [0.1, 0.15) is 0 Å². The standard InChI is InChI=1S/C23H19N3O2/c1-12-4-6-14-16(10-24-18(14)8-12)20-21(23(28)26(3)22(20)27)17-11-25-19-9-13(2)5-7-15(17)19/h4-11,24-25H,1-3H3.